The van der Waals surface area contributed by atoms with Crippen LogP contribution in [-0.4, -0.2) is 29.8 Å². The molecule has 0 spiro atoms. The third kappa shape index (κ3) is 3.36. The molecule has 0 unspecified atom stereocenters. The average molecular weight is 299 g/mol. The average Bonchev–Trinajstić information content (AvgIpc) is 2.82. The number of benzene rings is 1. The normalized spacial score (nSPS) is 10.9. The Kier molecular flexibility index (Phi) is 4.85. The van der Waals surface area contributed by atoms with Crippen LogP contribution in [-0.2, 0) is 4.74 Å². The summed E-state index contributed by atoms with van der Waals surface area (Å²) in [4.78, 5) is 4.21. The van der Waals surface area contributed by atoms with Gasteiger partial charge >= 0.3 is 0 Å². The molecule has 0 aliphatic carbocycles. The standard InChI is InChI=1S/C14H16F3N3O/c1-9-8-20(14(19-9)18-6-3-7-21-2)11-5-4-10(15)12(16)13(11)17/h4-5,8H,3,6-7H2,1-2H3,(H,18,19). The van der Waals surface area contributed by atoms with E-state index in [2.05, 4.69) is 10.3 Å². The SMILES string of the molecule is COCCCNc1nc(C)cn1-c1ccc(F)c(F)c1F. The van der Waals surface area contributed by atoms with E-state index in [1.807, 2.05) is 0 Å². The molecule has 1 N–H and O–H groups in total. The van der Waals surface area contributed by atoms with E-state index in [1.165, 1.54) is 10.6 Å². The second kappa shape index (κ2) is 6.62. The number of hydrogen-bond acceptors (Lipinski definition) is 3. The van der Waals surface area contributed by atoms with E-state index in [0.29, 0.717) is 24.8 Å². The Hall–Kier alpha value is -2.02. The fourth-order valence-electron chi connectivity index (χ4n) is 1.92. The molecule has 2 rings (SSSR count). The Bertz CT molecular complexity index is 628. The van der Waals surface area contributed by atoms with Crippen LogP contribution < -0.4 is 5.32 Å². The van der Waals surface area contributed by atoms with Crippen molar-refractivity contribution in [3.8, 4) is 5.69 Å². The van der Waals surface area contributed by atoms with E-state index in [4.69, 9.17) is 4.74 Å². The number of nitrogens with zero attached hydrogens (tertiary/aromatic N) is 2. The Morgan fingerprint density at radius 3 is 2.71 bits per heavy atom. The van der Waals surface area contributed by atoms with Gasteiger partial charge in [-0.2, -0.15) is 0 Å². The van der Waals surface area contributed by atoms with Gasteiger partial charge in [0.25, 0.3) is 0 Å². The van der Waals surface area contributed by atoms with Crippen molar-refractivity contribution in [1.29, 1.82) is 0 Å². The lowest BCUT2D eigenvalue weighted by Gasteiger charge is -2.11. The minimum atomic E-state index is -1.50. The van der Waals surface area contributed by atoms with E-state index in [0.717, 1.165) is 12.5 Å². The Morgan fingerprint density at radius 1 is 1.24 bits per heavy atom. The second-order valence-corrected chi connectivity index (χ2v) is 4.54. The van der Waals surface area contributed by atoms with Crippen molar-refractivity contribution in [1.82, 2.24) is 9.55 Å². The predicted molar refractivity (Wildman–Crippen MR) is 73.2 cm³/mol. The molecule has 0 atom stereocenters. The molecule has 1 aromatic carbocycles. The van der Waals surface area contributed by atoms with Crippen LogP contribution in [0.25, 0.3) is 5.69 Å². The number of methoxy groups -OCH3 is 1. The number of halogens is 3. The lowest BCUT2D eigenvalue weighted by molar-refractivity contribution is 0.197. The molecule has 2 aromatic rings. The molecule has 0 radical (unpaired) electrons. The quantitative estimate of drug-likeness (QED) is 0.658. The van der Waals surface area contributed by atoms with Crippen LogP contribution in [0.5, 0.6) is 0 Å². The smallest absolute Gasteiger partial charge is 0.207 e. The van der Waals surface area contributed by atoms with Crippen LogP contribution in [0.3, 0.4) is 0 Å². The summed E-state index contributed by atoms with van der Waals surface area (Å²) in [6.07, 6.45) is 2.29. The molecule has 0 saturated carbocycles. The van der Waals surface area contributed by atoms with Gasteiger partial charge in [0.2, 0.25) is 5.95 Å². The molecule has 21 heavy (non-hydrogen) atoms. The summed E-state index contributed by atoms with van der Waals surface area (Å²) >= 11 is 0. The predicted octanol–water partition coefficient (Wildman–Crippen LogP) is 3.05. The molecule has 0 bridgehead atoms. The van der Waals surface area contributed by atoms with Crippen molar-refractivity contribution in [2.75, 3.05) is 25.6 Å². The lowest BCUT2D eigenvalue weighted by atomic mass is 10.2. The molecule has 114 valence electrons. The van der Waals surface area contributed by atoms with Gasteiger partial charge in [-0.3, -0.25) is 4.57 Å². The molecule has 0 aliphatic rings. The maximum Gasteiger partial charge on any atom is 0.207 e. The van der Waals surface area contributed by atoms with Crippen LogP contribution in [0.1, 0.15) is 12.1 Å². The van der Waals surface area contributed by atoms with Crippen LogP contribution in [0.4, 0.5) is 19.1 Å². The van der Waals surface area contributed by atoms with Crippen LogP contribution in [0.15, 0.2) is 18.3 Å². The maximum absolute atomic E-state index is 13.9. The van der Waals surface area contributed by atoms with Crippen molar-refractivity contribution >= 4 is 5.95 Å². The van der Waals surface area contributed by atoms with E-state index < -0.39 is 17.5 Å². The second-order valence-electron chi connectivity index (χ2n) is 4.54. The first kappa shape index (κ1) is 15.4. The van der Waals surface area contributed by atoms with E-state index in [1.54, 1.807) is 20.2 Å². The van der Waals surface area contributed by atoms with Gasteiger partial charge in [0.1, 0.15) is 0 Å². The number of anilines is 1. The molecule has 1 aromatic heterocycles. The van der Waals surface area contributed by atoms with Crippen molar-refractivity contribution in [2.45, 2.75) is 13.3 Å². The number of ether oxygens (including phenoxy) is 1. The first-order valence-electron chi connectivity index (χ1n) is 6.47. The summed E-state index contributed by atoms with van der Waals surface area (Å²) in [6.45, 7) is 2.87. The van der Waals surface area contributed by atoms with Crippen molar-refractivity contribution in [3.63, 3.8) is 0 Å². The minimum absolute atomic E-state index is 0.0938. The molecule has 1 heterocycles. The molecular weight excluding hydrogens is 283 g/mol. The van der Waals surface area contributed by atoms with E-state index >= 15 is 0 Å². The summed E-state index contributed by atoms with van der Waals surface area (Å²) in [5.41, 5.74) is 0.539. The van der Waals surface area contributed by atoms with Crippen molar-refractivity contribution < 1.29 is 17.9 Å². The van der Waals surface area contributed by atoms with Gasteiger partial charge < -0.3 is 10.1 Å². The van der Waals surface area contributed by atoms with Gasteiger partial charge in [-0.05, 0) is 25.5 Å². The van der Waals surface area contributed by atoms with Crippen LogP contribution >= 0.6 is 0 Å². The third-order valence-electron chi connectivity index (χ3n) is 2.91. The number of imidazole rings is 1. The van der Waals surface area contributed by atoms with Gasteiger partial charge in [-0.15, -0.1) is 0 Å². The zero-order chi connectivity index (χ0) is 15.4. The Balaban J connectivity index is 2.29. The number of aryl methyl sites for hydroxylation is 1. The highest BCUT2D eigenvalue weighted by Crippen LogP contribution is 2.23. The Morgan fingerprint density at radius 2 is 2.00 bits per heavy atom. The highest BCUT2D eigenvalue weighted by Gasteiger charge is 2.17. The molecule has 7 heteroatoms. The first-order chi connectivity index (χ1) is 10.0. The topological polar surface area (TPSA) is 39.1 Å². The maximum atomic E-state index is 13.9. The summed E-state index contributed by atoms with van der Waals surface area (Å²) < 4.78 is 46.5. The van der Waals surface area contributed by atoms with Crippen molar-refractivity contribution in [3.05, 3.63) is 41.5 Å². The number of aromatic nitrogens is 2. The molecule has 4 nitrogen and oxygen atoms in total. The zero-order valence-electron chi connectivity index (χ0n) is 11.8. The van der Waals surface area contributed by atoms with Gasteiger partial charge in [0, 0.05) is 26.5 Å². The molecule has 0 aliphatic heterocycles. The summed E-state index contributed by atoms with van der Waals surface area (Å²) in [6, 6.07) is 2.06. The van der Waals surface area contributed by atoms with Crippen LogP contribution in [0.2, 0.25) is 0 Å². The summed E-state index contributed by atoms with van der Waals surface area (Å²) in [5, 5.41) is 3.02. The molecule has 0 fully saturated rings. The zero-order valence-corrected chi connectivity index (χ0v) is 11.8. The van der Waals surface area contributed by atoms with E-state index in [-0.39, 0.29) is 5.69 Å². The fourth-order valence-corrected chi connectivity index (χ4v) is 1.92. The molecule has 0 saturated heterocycles. The lowest BCUT2D eigenvalue weighted by Crippen LogP contribution is -2.10. The monoisotopic (exact) mass is 299 g/mol. The summed E-state index contributed by atoms with van der Waals surface area (Å²) in [5.74, 6) is -3.59. The van der Waals surface area contributed by atoms with Gasteiger partial charge in [0.15, 0.2) is 17.5 Å². The summed E-state index contributed by atoms with van der Waals surface area (Å²) in [7, 11) is 1.60. The number of nitrogens with one attached hydrogen (secondary N) is 1. The minimum Gasteiger partial charge on any atom is -0.385 e. The number of hydrogen-bond donors (Lipinski definition) is 1. The fraction of sp³-hybridized carbons (Fsp3) is 0.357. The molecule has 0 amide bonds. The third-order valence-corrected chi connectivity index (χ3v) is 2.91. The Labute approximate surface area is 120 Å². The van der Waals surface area contributed by atoms with Gasteiger partial charge in [0.05, 0.1) is 11.4 Å². The van der Waals surface area contributed by atoms with Gasteiger partial charge in [-0.1, -0.05) is 0 Å². The molecular formula is C14H16F3N3O. The highest BCUT2D eigenvalue weighted by molar-refractivity contribution is 5.44. The van der Waals surface area contributed by atoms with Crippen LogP contribution in [0, 0.1) is 24.4 Å². The van der Waals surface area contributed by atoms with E-state index in [9.17, 15) is 13.2 Å². The highest BCUT2D eigenvalue weighted by atomic mass is 19.2. The van der Waals surface area contributed by atoms with Gasteiger partial charge in [-0.25, -0.2) is 18.2 Å². The van der Waals surface area contributed by atoms with Crippen molar-refractivity contribution in [2.24, 2.45) is 0 Å². The number of rotatable bonds is 6. The first-order valence-corrected chi connectivity index (χ1v) is 6.47. The largest absolute Gasteiger partial charge is 0.385 e.